The van der Waals surface area contributed by atoms with Crippen LogP contribution in [0.25, 0.3) is 0 Å². The number of halogens is 2. The lowest BCUT2D eigenvalue weighted by Crippen LogP contribution is -2.29. The summed E-state index contributed by atoms with van der Waals surface area (Å²) in [5, 5.41) is 3.73. The van der Waals surface area contributed by atoms with E-state index in [9.17, 15) is 0 Å². The third-order valence-corrected chi connectivity index (χ3v) is 5.05. The Hall–Kier alpha value is -0.840. The Morgan fingerprint density at radius 2 is 2.00 bits per heavy atom. The lowest BCUT2D eigenvalue weighted by molar-refractivity contribution is 0.246. The van der Waals surface area contributed by atoms with Crippen LogP contribution in [0.5, 0.6) is 5.75 Å². The molecule has 0 aliphatic carbocycles. The van der Waals surface area contributed by atoms with E-state index in [0.717, 1.165) is 27.7 Å². The maximum atomic E-state index is 5.75. The molecule has 1 N–H and O–H groups in total. The number of hydrogen-bond acceptors (Lipinski definition) is 2. The van der Waals surface area contributed by atoms with Gasteiger partial charge in [-0.25, -0.2) is 0 Å². The second-order valence-corrected chi connectivity index (χ2v) is 7.05. The van der Waals surface area contributed by atoms with Crippen molar-refractivity contribution in [3.63, 3.8) is 0 Å². The molecule has 1 heterocycles. The van der Waals surface area contributed by atoms with E-state index in [1.54, 1.807) is 0 Å². The van der Waals surface area contributed by atoms with Gasteiger partial charge in [-0.2, -0.15) is 0 Å². The van der Waals surface area contributed by atoms with Gasteiger partial charge >= 0.3 is 0 Å². The van der Waals surface area contributed by atoms with Gasteiger partial charge in [0, 0.05) is 33.0 Å². The van der Waals surface area contributed by atoms with Gasteiger partial charge in [0.05, 0.1) is 6.61 Å². The molecule has 0 saturated carbocycles. The molecule has 2 atom stereocenters. The Bertz CT molecular complexity index is 644. The quantitative estimate of drug-likeness (QED) is 0.732. The van der Waals surface area contributed by atoms with Gasteiger partial charge in [-0.1, -0.05) is 50.1 Å². The Kier molecular flexibility index (Phi) is 4.67. The van der Waals surface area contributed by atoms with Crippen LogP contribution in [0.4, 0.5) is 0 Å². The first-order valence-corrected chi connectivity index (χ1v) is 8.66. The fourth-order valence-electron chi connectivity index (χ4n) is 2.76. The molecular weight excluding hydrogens is 394 g/mol. The fraction of sp³-hybridized carbons (Fsp3) is 0.294. The minimum absolute atomic E-state index is 0.274. The maximum absolute atomic E-state index is 5.75. The highest BCUT2D eigenvalue weighted by Gasteiger charge is 2.23. The zero-order valence-corrected chi connectivity index (χ0v) is 14.9. The lowest BCUT2D eigenvalue weighted by Gasteiger charge is -2.30. The highest BCUT2D eigenvalue weighted by atomic mass is 79.9. The number of rotatable bonds is 3. The van der Waals surface area contributed by atoms with Gasteiger partial charge < -0.3 is 10.1 Å². The molecule has 3 rings (SSSR count). The van der Waals surface area contributed by atoms with Crippen molar-refractivity contribution >= 4 is 31.9 Å². The standard InChI is InChI=1S/C17H17Br2NO/c1-11(13-4-2-3-5-15(13)19)20-16-8-9-21-17-7-6-12(18)10-14(16)17/h2-7,10-11,16,20H,8-9H2,1H3/t11-,16?/m0/s1. The molecule has 21 heavy (non-hydrogen) atoms. The lowest BCUT2D eigenvalue weighted by atomic mass is 9.98. The molecule has 4 heteroatoms. The summed E-state index contributed by atoms with van der Waals surface area (Å²) >= 11 is 7.18. The highest BCUT2D eigenvalue weighted by Crippen LogP contribution is 2.36. The molecule has 110 valence electrons. The molecule has 0 saturated heterocycles. The largest absolute Gasteiger partial charge is 0.493 e. The van der Waals surface area contributed by atoms with E-state index in [0.29, 0.717) is 6.04 Å². The molecule has 2 nitrogen and oxygen atoms in total. The zero-order valence-electron chi connectivity index (χ0n) is 11.8. The van der Waals surface area contributed by atoms with E-state index in [4.69, 9.17) is 4.74 Å². The van der Waals surface area contributed by atoms with Crippen molar-refractivity contribution in [3.8, 4) is 5.75 Å². The molecule has 1 aliphatic rings. The molecule has 0 aromatic heterocycles. The van der Waals surface area contributed by atoms with Crippen LogP contribution < -0.4 is 10.1 Å². The first-order valence-electron chi connectivity index (χ1n) is 7.08. The van der Waals surface area contributed by atoms with Crippen molar-refractivity contribution in [2.45, 2.75) is 25.4 Å². The number of benzene rings is 2. The van der Waals surface area contributed by atoms with Crippen LogP contribution in [0, 0.1) is 0 Å². The van der Waals surface area contributed by atoms with Crippen molar-refractivity contribution in [1.29, 1.82) is 0 Å². The third kappa shape index (κ3) is 3.33. The van der Waals surface area contributed by atoms with E-state index < -0.39 is 0 Å². The molecule has 0 radical (unpaired) electrons. The van der Waals surface area contributed by atoms with Crippen LogP contribution in [0.1, 0.15) is 36.6 Å². The van der Waals surface area contributed by atoms with Crippen molar-refractivity contribution in [3.05, 3.63) is 62.5 Å². The minimum Gasteiger partial charge on any atom is -0.493 e. The SMILES string of the molecule is C[C@H](NC1CCOc2ccc(Br)cc21)c1ccccc1Br. The van der Waals surface area contributed by atoms with Gasteiger partial charge in [-0.3, -0.25) is 0 Å². The Balaban J connectivity index is 1.83. The fourth-order valence-corrected chi connectivity index (χ4v) is 3.76. The predicted molar refractivity (Wildman–Crippen MR) is 92.7 cm³/mol. The highest BCUT2D eigenvalue weighted by molar-refractivity contribution is 9.10. The van der Waals surface area contributed by atoms with E-state index in [2.05, 4.69) is 68.4 Å². The summed E-state index contributed by atoms with van der Waals surface area (Å²) in [5.41, 5.74) is 2.51. The Labute approximate surface area is 142 Å². The molecule has 0 bridgehead atoms. The molecule has 1 unspecified atom stereocenters. The molecule has 0 amide bonds. The molecule has 0 spiro atoms. The van der Waals surface area contributed by atoms with E-state index in [-0.39, 0.29) is 6.04 Å². The second-order valence-electron chi connectivity index (χ2n) is 5.28. The normalized spacial score (nSPS) is 18.7. The number of fused-ring (bicyclic) bond motifs is 1. The third-order valence-electron chi connectivity index (χ3n) is 3.83. The Morgan fingerprint density at radius 3 is 2.81 bits per heavy atom. The number of ether oxygens (including phenoxy) is 1. The summed E-state index contributed by atoms with van der Waals surface area (Å²) in [4.78, 5) is 0. The molecular formula is C17H17Br2NO. The van der Waals surface area contributed by atoms with Crippen LogP contribution >= 0.6 is 31.9 Å². The minimum atomic E-state index is 0.274. The molecule has 2 aromatic carbocycles. The monoisotopic (exact) mass is 409 g/mol. The van der Waals surface area contributed by atoms with Crippen LogP contribution in [0.2, 0.25) is 0 Å². The van der Waals surface area contributed by atoms with E-state index >= 15 is 0 Å². The second kappa shape index (κ2) is 6.51. The first-order chi connectivity index (χ1) is 10.1. The zero-order chi connectivity index (χ0) is 14.8. The van der Waals surface area contributed by atoms with E-state index in [1.807, 2.05) is 18.2 Å². The van der Waals surface area contributed by atoms with Crippen molar-refractivity contribution in [2.24, 2.45) is 0 Å². The van der Waals surface area contributed by atoms with Gasteiger partial charge in [0.15, 0.2) is 0 Å². The predicted octanol–water partition coefficient (Wildman–Crippen LogP) is 5.39. The van der Waals surface area contributed by atoms with Crippen LogP contribution in [0.15, 0.2) is 51.4 Å². The summed E-state index contributed by atoms with van der Waals surface area (Å²) in [6.45, 7) is 2.96. The summed E-state index contributed by atoms with van der Waals surface area (Å²) in [6, 6.07) is 15.2. The van der Waals surface area contributed by atoms with Gasteiger partial charge in [0.2, 0.25) is 0 Å². The summed E-state index contributed by atoms with van der Waals surface area (Å²) in [5.74, 6) is 0.987. The van der Waals surface area contributed by atoms with Gasteiger partial charge in [0.25, 0.3) is 0 Å². The topological polar surface area (TPSA) is 21.3 Å². The van der Waals surface area contributed by atoms with Gasteiger partial charge in [-0.05, 0) is 36.8 Å². The van der Waals surface area contributed by atoms with Gasteiger partial charge in [0.1, 0.15) is 5.75 Å². The molecule has 2 aromatic rings. The average Bonchev–Trinajstić information content (AvgIpc) is 2.48. The first kappa shape index (κ1) is 15.1. The van der Waals surface area contributed by atoms with Crippen molar-refractivity contribution < 1.29 is 4.74 Å². The summed E-state index contributed by atoms with van der Waals surface area (Å²) in [7, 11) is 0. The smallest absolute Gasteiger partial charge is 0.124 e. The maximum Gasteiger partial charge on any atom is 0.124 e. The summed E-state index contributed by atoms with van der Waals surface area (Å²) < 4.78 is 7.98. The number of nitrogens with one attached hydrogen (secondary N) is 1. The van der Waals surface area contributed by atoms with Crippen LogP contribution in [0.3, 0.4) is 0 Å². The van der Waals surface area contributed by atoms with Crippen molar-refractivity contribution in [1.82, 2.24) is 5.32 Å². The Morgan fingerprint density at radius 1 is 1.19 bits per heavy atom. The van der Waals surface area contributed by atoms with E-state index in [1.165, 1.54) is 11.1 Å². The van der Waals surface area contributed by atoms with Crippen molar-refractivity contribution in [2.75, 3.05) is 6.61 Å². The summed E-state index contributed by atoms with van der Waals surface area (Å²) in [6.07, 6.45) is 0.984. The average molecular weight is 411 g/mol. The van der Waals surface area contributed by atoms with Gasteiger partial charge in [-0.15, -0.1) is 0 Å². The van der Waals surface area contributed by atoms with Crippen LogP contribution in [-0.4, -0.2) is 6.61 Å². The molecule has 0 fully saturated rings. The number of hydrogen-bond donors (Lipinski definition) is 1. The van der Waals surface area contributed by atoms with Crippen LogP contribution in [-0.2, 0) is 0 Å². The molecule has 1 aliphatic heterocycles.